The zero-order valence-corrected chi connectivity index (χ0v) is 24.7. The maximum Gasteiger partial charge on any atom is 0.246 e. The first-order valence-electron chi connectivity index (χ1n) is 14.7. The number of carbonyl (C=O) groups is 1. The van der Waals surface area contributed by atoms with Crippen LogP contribution in [0.25, 0.3) is 5.70 Å². The molecule has 3 N–H and O–H groups in total. The van der Waals surface area contributed by atoms with Gasteiger partial charge in [0.15, 0.2) is 0 Å². The van der Waals surface area contributed by atoms with E-state index in [-0.39, 0.29) is 42.2 Å². The van der Waals surface area contributed by atoms with Crippen LogP contribution in [0.1, 0.15) is 62.8 Å². The zero-order valence-electron chi connectivity index (χ0n) is 24.7. The standard InChI is InChI=1S/C32H44N6O3/c1-32(2,3)24-11-13-25(14-12-24)37-17-15-28(41-19-18-40-4)30(37)23-9-7-22(8-10-23)26-20-34-31(36-26)27-6-5-16-38(27)29(39)21-35-33/h7-14,20,27-28,30-31,33-34,36H,5-6,15-19,21H2,1-4H3/t27-,28+,30+,31?/m0/s1. The lowest BCUT2D eigenvalue weighted by Crippen LogP contribution is -2.52. The molecule has 1 amide bonds. The second kappa shape index (κ2) is 12.6. The van der Waals surface area contributed by atoms with E-state index in [1.54, 1.807) is 7.11 Å². The van der Waals surface area contributed by atoms with Gasteiger partial charge in [0.25, 0.3) is 0 Å². The predicted octanol–water partition coefficient (Wildman–Crippen LogP) is 4.81. The second-order valence-electron chi connectivity index (χ2n) is 12.2. The number of ether oxygens (including phenoxy) is 2. The molecule has 0 bridgehead atoms. The lowest BCUT2D eigenvalue weighted by atomic mass is 9.87. The molecule has 2 aromatic carbocycles. The smallest absolute Gasteiger partial charge is 0.246 e. The van der Waals surface area contributed by atoms with Crippen LogP contribution >= 0.6 is 0 Å². The molecule has 5 rings (SSSR count). The van der Waals surface area contributed by atoms with Gasteiger partial charge >= 0.3 is 0 Å². The van der Waals surface area contributed by atoms with E-state index >= 15 is 0 Å². The van der Waals surface area contributed by atoms with E-state index in [0.717, 1.165) is 37.1 Å². The Hall–Kier alpha value is -3.43. The van der Waals surface area contributed by atoms with Crippen LogP contribution in [0.3, 0.4) is 0 Å². The molecular weight excluding hydrogens is 516 g/mol. The van der Waals surface area contributed by atoms with Crippen molar-refractivity contribution in [3.63, 3.8) is 0 Å². The van der Waals surface area contributed by atoms with Gasteiger partial charge in [0, 0.05) is 32.1 Å². The molecule has 41 heavy (non-hydrogen) atoms. The van der Waals surface area contributed by atoms with E-state index in [1.807, 2.05) is 11.1 Å². The Labute approximate surface area is 243 Å². The third-order valence-electron chi connectivity index (χ3n) is 8.53. The van der Waals surface area contributed by atoms with E-state index < -0.39 is 0 Å². The number of likely N-dealkylation sites (tertiary alicyclic amines) is 1. The van der Waals surface area contributed by atoms with Crippen molar-refractivity contribution in [3.8, 4) is 0 Å². The highest BCUT2D eigenvalue weighted by Crippen LogP contribution is 2.39. The lowest BCUT2D eigenvalue weighted by molar-refractivity contribution is -0.131. The SMILES string of the molecule is COCCO[C@@H]1CCN(c2ccc(C(C)(C)C)cc2)[C@@H]1c1ccc(C2=CNC([C@@H]3CCCN3C(=O)CN=N)N2)cc1. The van der Waals surface area contributed by atoms with E-state index in [0.29, 0.717) is 19.8 Å². The molecule has 0 spiro atoms. The van der Waals surface area contributed by atoms with Gasteiger partial charge in [-0.25, -0.2) is 5.53 Å². The lowest BCUT2D eigenvalue weighted by Gasteiger charge is -2.31. The van der Waals surface area contributed by atoms with Crippen molar-refractivity contribution in [2.24, 2.45) is 5.11 Å². The fourth-order valence-corrected chi connectivity index (χ4v) is 6.32. The van der Waals surface area contributed by atoms with E-state index in [1.165, 1.54) is 16.8 Å². The average molecular weight is 561 g/mol. The highest BCUT2D eigenvalue weighted by molar-refractivity contribution is 5.79. The van der Waals surface area contributed by atoms with Crippen LogP contribution in [-0.4, -0.2) is 69.1 Å². The van der Waals surface area contributed by atoms with Crippen LogP contribution in [0.2, 0.25) is 0 Å². The van der Waals surface area contributed by atoms with Gasteiger partial charge in [-0.05, 0) is 53.5 Å². The van der Waals surface area contributed by atoms with Crippen molar-refractivity contribution in [1.29, 1.82) is 5.53 Å². The van der Waals surface area contributed by atoms with Crippen LogP contribution in [0.4, 0.5) is 5.69 Å². The van der Waals surface area contributed by atoms with Gasteiger partial charge in [-0.3, -0.25) is 4.79 Å². The number of rotatable bonds is 10. The molecule has 0 aromatic heterocycles. The summed E-state index contributed by atoms with van der Waals surface area (Å²) in [5.41, 5.74) is 13.1. The first kappa shape index (κ1) is 29.1. The van der Waals surface area contributed by atoms with Crippen LogP contribution < -0.4 is 15.5 Å². The van der Waals surface area contributed by atoms with Gasteiger partial charge in [-0.2, -0.15) is 5.11 Å². The highest BCUT2D eigenvalue weighted by atomic mass is 16.5. The number of nitrogens with one attached hydrogen (secondary N) is 3. The van der Waals surface area contributed by atoms with Crippen LogP contribution in [0, 0.1) is 5.53 Å². The molecule has 0 radical (unpaired) electrons. The maximum atomic E-state index is 12.4. The summed E-state index contributed by atoms with van der Waals surface area (Å²) < 4.78 is 11.6. The summed E-state index contributed by atoms with van der Waals surface area (Å²) in [7, 11) is 1.71. The Balaban J connectivity index is 1.31. The molecule has 0 saturated carbocycles. The minimum Gasteiger partial charge on any atom is -0.382 e. The second-order valence-corrected chi connectivity index (χ2v) is 12.2. The largest absolute Gasteiger partial charge is 0.382 e. The van der Waals surface area contributed by atoms with Crippen molar-refractivity contribution in [1.82, 2.24) is 15.5 Å². The van der Waals surface area contributed by atoms with Crippen LogP contribution in [0.15, 0.2) is 59.8 Å². The molecule has 3 aliphatic heterocycles. The molecule has 3 aliphatic rings. The van der Waals surface area contributed by atoms with Gasteiger partial charge in [-0.15, -0.1) is 0 Å². The van der Waals surface area contributed by atoms with E-state index in [4.69, 9.17) is 15.0 Å². The summed E-state index contributed by atoms with van der Waals surface area (Å²) in [5, 5.41) is 10.3. The van der Waals surface area contributed by atoms with Gasteiger partial charge < -0.3 is 29.9 Å². The Morgan fingerprint density at radius 1 is 1.05 bits per heavy atom. The quantitative estimate of drug-likeness (QED) is 0.285. The fourth-order valence-electron chi connectivity index (χ4n) is 6.32. The van der Waals surface area contributed by atoms with Crippen molar-refractivity contribution < 1.29 is 14.3 Å². The fraction of sp³-hybridized carbons (Fsp3) is 0.531. The first-order valence-corrected chi connectivity index (χ1v) is 14.7. The molecule has 0 aliphatic carbocycles. The van der Waals surface area contributed by atoms with Gasteiger partial charge in [0.1, 0.15) is 12.7 Å². The summed E-state index contributed by atoms with van der Waals surface area (Å²) in [6, 6.07) is 17.9. The van der Waals surface area contributed by atoms with Crippen LogP contribution in [-0.2, 0) is 19.7 Å². The Morgan fingerprint density at radius 2 is 1.80 bits per heavy atom. The minimum absolute atomic E-state index is 0.0407. The normalized spacial score (nSPS) is 24.2. The number of hydrogen-bond acceptors (Lipinski definition) is 8. The summed E-state index contributed by atoms with van der Waals surface area (Å²) in [6.07, 6.45) is 4.87. The Bertz CT molecular complexity index is 1220. The van der Waals surface area contributed by atoms with Crippen molar-refractivity contribution in [3.05, 3.63) is 71.4 Å². The molecule has 1 unspecified atom stereocenters. The molecular formula is C32H44N6O3. The third-order valence-corrected chi connectivity index (χ3v) is 8.53. The molecule has 9 nitrogen and oxygen atoms in total. The number of nitrogens with zero attached hydrogens (tertiary/aromatic N) is 3. The average Bonchev–Trinajstić information content (AvgIpc) is 3.73. The third kappa shape index (κ3) is 6.41. The van der Waals surface area contributed by atoms with E-state index in [9.17, 15) is 4.79 Å². The number of methoxy groups -OCH3 is 1. The van der Waals surface area contributed by atoms with Gasteiger partial charge in [0.05, 0.1) is 37.1 Å². The molecule has 3 heterocycles. The Kier molecular flexibility index (Phi) is 8.94. The summed E-state index contributed by atoms with van der Waals surface area (Å²) in [6.45, 7) is 9.45. The number of anilines is 1. The highest BCUT2D eigenvalue weighted by Gasteiger charge is 2.38. The molecule has 220 valence electrons. The molecule has 2 saturated heterocycles. The number of benzene rings is 2. The number of amides is 1. The monoisotopic (exact) mass is 560 g/mol. The number of hydrogen-bond donors (Lipinski definition) is 3. The first-order chi connectivity index (χ1) is 19.8. The van der Waals surface area contributed by atoms with E-state index in [2.05, 4.69) is 89.9 Å². The molecule has 9 heteroatoms. The zero-order chi connectivity index (χ0) is 29.0. The Morgan fingerprint density at radius 3 is 2.49 bits per heavy atom. The van der Waals surface area contributed by atoms with Crippen LogP contribution in [0.5, 0.6) is 0 Å². The number of carbonyl (C=O) groups excluding carboxylic acids is 1. The van der Waals surface area contributed by atoms with Crippen molar-refractivity contribution in [2.75, 3.05) is 44.9 Å². The molecule has 2 aromatic rings. The van der Waals surface area contributed by atoms with Crippen molar-refractivity contribution in [2.45, 2.75) is 69.8 Å². The molecule has 4 atom stereocenters. The topological polar surface area (TPSA) is 102 Å². The minimum atomic E-state index is -0.0833. The summed E-state index contributed by atoms with van der Waals surface area (Å²) >= 11 is 0. The predicted molar refractivity (Wildman–Crippen MR) is 161 cm³/mol. The van der Waals surface area contributed by atoms with Gasteiger partial charge in [-0.1, -0.05) is 57.2 Å². The summed E-state index contributed by atoms with van der Waals surface area (Å²) in [5.74, 6) is -0.0830. The summed E-state index contributed by atoms with van der Waals surface area (Å²) in [4.78, 5) is 16.8. The maximum absolute atomic E-state index is 12.4. The van der Waals surface area contributed by atoms with Gasteiger partial charge in [0.2, 0.25) is 5.91 Å². The molecule has 2 fully saturated rings. The van der Waals surface area contributed by atoms with Crippen molar-refractivity contribution >= 4 is 17.3 Å².